The zero-order valence-electron chi connectivity index (χ0n) is 12.7. The number of hydrogen-bond donors (Lipinski definition) is 1. The number of rotatable bonds is 3. The number of aliphatic hydroxyl groups is 1. The second-order valence-corrected chi connectivity index (χ2v) is 9.99. The average Bonchev–Trinajstić information content (AvgIpc) is 2.33. The molecule has 1 aliphatic heterocycles. The highest BCUT2D eigenvalue weighted by Gasteiger charge is 2.38. The molecule has 1 saturated carbocycles. The Labute approximate surface area is 127 Å². The molecule has 0 bridgehead atoms. The highest BCUT2D eigenvalue weighted by Crippen LogP contribution is 2.35. The van der Waals surface area contributed by atoms with Crippen LogP contribution in [-0.4, -0.2) is 60.8 Å². The van der Waals surface area contributed by atoms with E-state index in [2.05, 4.69) is 18.7 Å². The lowest BCUT2D eigenvalue weighted by atomic mass is 9.73. The minimum absolute atomic E-state index is 0.207. The zero-order chi connectivity index (χ0) is 14.9. The molecule has 5 atom stereocenters. The Morgan fingerprint density at radius 1 is 1.30 bits per heavy atom. The van der Waals surface area contributed by atoms with Crippen molar-refractivity contribution >= 4 is 21.6 Å². The smallest absolute Gasteiger partial charge is 0.164 e. The van der Waals surface area contributed by atoms with Crippen LogP contribution in [0.5, 0.6) is 0 Å². The average molecular weight is 322 g/mol. The standard InChI is InChI=1S/C14H27NO3S2/c1-10-6-11(2)12(13(16)7-10)8-15-4-5-19-9-14(15)20(3,17)18/h10-14,16H,4-9H2,1-3H3. The lowest BCUT2D eigenvalue weighted by Crippen LogP contribution is -2.51. The van der Waals surface area contributed by atoms with Crippen LogP contribution in [0, 0.1) is 17.8 Å². The van der Waals surface area contributed by atoms with Crippen LogP contribution in [0.1, 0.15) is 26.7 Å². The van der Waals surface area contributed by atoms with Crippen molar-refractivity contribution in [3.05, 3.63) is 0 Å². The Morgan fingerprint density at radius 3 is 2.60 bits per heavy atom. The third-order valence-corrected chi connectivity index (χ3v) is 7.46. The summed E-state index contributed by atoms with van der Waals surface area (Å²) in [7, 11) is -3.05. The van der Waals surface area contributed by atoms with Gasteiger partial charge in [-0.1, -0.05) is 13.8 Å². The van der Waals surface area contributed by atoms with E-state index in [1.54, 1.807) is 11.8 Å². The molecule has 2 aliphatic rings. The first-order chi connectivity index (χ1) is 9.29. The highest BCUT2D eigenvalue weighted by atomic mass is 32.2. The van der Waals surface area contributed by atoms with Gasteiger partial charge in [-0.3, -0.25) is 4.90 Å². The van der Waals surface area contributed by atoms with Gasteiger partial charge in [-0.2, -0.15) is 11.8 Å². The SMILES string of the molecule is CC1CC(C)C(CN2CCSCC2S(C)(=O)=O)C(O)C1. The quantitative estimate of drug-likeness (QED) is 0.852. The van der Waals surface area contributed by atoms with Crippen molar-refractivity contribution in [3.8, 4) is 0 Å². The third kappa shape index (κ3) is 3.90. The second kappa shape index (κ2) is 6.55. The van der Waals surface area contributed by atoms with E-state index in [9.17, 15) is 13.5 Å². The summed E-state index contributed by atoms with van der Waals surface area (Å²) < 4.78 is 23.9. The fourth-order valence-corrected chi connectivity index (χ4v) is 6.62. The summed E-state index contributed by atoms with van der Waals surface area (Å²) in [5.41, 5.74) is 0. The van der Waals surface area contributed by atoms with Crippen LogP contribution >= 0.6 is 11.8 Å². The van der Waals surface area contributed by atoms with Gasteiger partial charge in [0.2, 0.25) is 0 Å². The first-order valence-corrected chi connectivity index (χ1v) is 10.6. The molecule has 118 valence electrons. The molecule has 0 aromatic heterocycles. The number of nitrogens with zero attached hydrogens (tertiary/aromatic N) is 1. The van der Waals surface area contributed by atoms with Crippen molar-refractivity contribution < 1.29 is 13.5 Å². The Balaban J connectivity index is 2.06. The number of hydrogen-bond acceptors (Lipinski definition) is 5. The van der Waals surface area contributed by atoms with Gasteiger partial charge < -0.3 is 5.11 Å². The number of sulfone groups is 1. The molecule has 0 aromatic rings. The van der Waals surface area contributed by atoms with Gasteiger partial charge in [0.25, 0.3) is 0 Å². The normalized spacial score (nSPS) is 40.7. The van der Waals surface area contributed by atoms with Crippen LogP contribution in [0.2, 0.25) is 0 Å². The molecule has 1 N–H and O–H groups in total. The molecular formula is C14H27NO3S2. The summed E-state index contributed by atoms with van der Waals surface area (Å²) in [5.74, 6) is 2.88. The maximum Gasteiger partial charge on any atom is 0.164 e. The molecule has 2 fully saturated rings. The van der Waals surface area contributed by atoms with Crippen LogP contribution in [-0.2, 0) is 9.84 Å². The molecule has 2 rings (SSSR count). The van der Waals surface area contributed by atoms with Crippen molar-refractivity contribution in [3.63, 3.8) is 0 Å². The van der Waals surface area contributed by atoms with E-state index in [-0.39, 0.29) is 17.4 Å². The van der Waals surface area contributed by atoms with E-state index in [0.29, 0.717) is 24.1 Å². The fourth-order valence-electron chi connectivity index (χ4n) is 3.66. The van der Waals surface area contributed by atoms with E-state index >= 15 is 0 Å². The van der Waals surface area contributed by atoms with Crippen LogP contribution in [0.3, 0.4) is 0 Å². The topological polar surface area (TPSA) is 57.6 Å². The predicted molar refractivity (Wildman–Crippen MR) is 84.6 cm³/mol. The predicted octanol–water partition coefficient (Wildman–Crippen LogP) is 1.45. The second-order valence-electron chi connectivity index (χ2n) is 6.64. The van der Waals surface area contributed by atoms with E-state index < -0.39 is 9.84 Å². The van der Waals surface area contributed by atoms with Crippen LogP contribution < -0.4 is 0 Å². The maximum absolute atomic E-state index is 11.9. The summed E-state index contributed by atoms with van der Waals surface area (Å²) in [6.45, 7) is 5.91. The molecule has 0 radical (unpaired) electrons. The van der Waals surface area contributed by atoms with Gasteiger partial charge in [0, 0.05) is 36.8 Å². The highest BCUT2D eigenvalue weighted by molar-refractivity contribution is 8.00. The number of thioether (sulfide) groups is 1. The first-order valence-electron chi connectivity index (χ1n) is 7.47. The summed E-state index contributed by atoms with van der Waals surface area (Å²) in [6.07, 6.45) is 3.03. The van der Waals surface area contributed by atoms with Crippen LogP contribution in [0.4, 0.5) is 0 Å². The molecular weight excluding hydrogens is 294 g/mol. The van der Waals surface area contributed by atoms with Gasteiger partial charge in [-0.25, -0.2) is 8.42 Å². The maximum atomic E-state index is 11.9. The molecule has 5 unspecified atom stereocenters. The Kier molecular flexibility index (Phi) is 5.43. The van der Waals surface area contributed by atoms with Crippen LogP contribution in [0.15, 0.2) is 0 Å². The van der Waals surface area contributed by atoms with Crippen LogP contribution in [0.25, 0.3) is 0 Å². The van der Waals surface area contributed by atoms with Gasteiger partial charge in [0.05, 0.1) is 6.10 Å². The summed E-state index contributed by atoms with van der Waals surface area (Å²) in [4.78, 5) is 2.09. The van der Waals surface area contributed by atoms with Gasteiger partial charge in [0.1, 0.15) is 5.37 Å². The Bertz CT molecular complexity index is 414. The lowest BCUT2D eigenvalue weighted by molar-refractivity contribution is -0.00265. The largest absolute Gasteiger partial charge is 0.393 e. The Morgan fingerprint density at radius 2 is 2.00 bits per heavy atom. The summed E-state index contributed by atoms with van der Waals surface area (Å²) >= 11 is 1.71. The van der Waals surface area contributed by atoms with E-state index in [0.717, 1.165) is 25.1 Å². The molecule has 0 aromatic carbocycles. The fraction of sp³-hybridized carbons (Fsp3) is 1.00. The molecule has 1 saturated heterocycles. The molecule has 20 heavy (non-hydrogen) atoms. The lowest BCUT2D eigenvalue weighted by Gasteiger charge is -2.42. The molecule has 6 heteroatoms. The monoisotopic (exact) mass is 321 g/mol. The van der Waals surface area contributed by atoms with Crippen molar-refractivity contribution in [1.29, 1.82) is 0 Å². The Hall–Kier alpha value is 0.220. The molecule has 0 spiro atoms. The first kappa shape index (κ1) is 16.6. The molecule has 1 aliphatic carbocycles. The van der Waals surface area contributed by atoms with Crippen molar-refractivity contribution in [2.45, 2.75) is 38.2 Å². The van der Waals surface area contributed by atoms with Gasteiger partial charge in [-0.05, 0) is 24.7 Å². The third-order valence-electron chi connectivity index (χ3n) is 4.77. The van der Waals surface area contributed by atoms with Gasteiger partial charge in [-0.15, -0.1) is 0 Å². The van der Waals surface area contributed by atoms with E-state index in [1.807, 2.05) is 0 Å². The van der Waals surface area contributed by atoms with Crippen molar-refractivity contribution in [2.75, 3.05) is 30.9 Å². The van der Waals surface area contributed by atoms with Gasteiger partial charge in [0.15, 0.2) is 9.84 Å². The van der Waals surface area contributed by atoms with E-state index in [4.69, 9.17) is 0 Å². The minimum Gasteiger partial charge on any atom is -0.393 e. The molecule has 4 nitrogen and oxygen atoms in total. The zero-order valence-corrected chi connectivity index (χ0v) is 14.3. The number of aliphatic hydroxyl groups excluding tert-OH is 1. The van der Waals surface area contributed by atoms with Crippen molar-refractivity contribution in [1.82, 2.24) is 4.90 Å². The van der Waals surface area contributed by atoms with E-state index in [1.165, 1.54) is 6.26 Å². The summed E-state index contributed by atoms with van der Waals surface area (Å²) in [5, 5.41) is 9.97. The molecule has 0 amide bonds. The van der Waals surface area contributed by atoms with Crippen molar-refractivity contribution in [2.24, 2.45) is 17.8 Å². The van der Waals surface area contributed by atoms with Gasteiger partial charge >= 0.3 is 0 Å². The molecule has 1 heterocycles. The summed E-state index contributed by atoms with van der Waals surface area (Å²) in [6, 6.07) is 0. The minimum atomic E-state index is -3.05.